The second-order valence-corrected chi connectivity index (χ2v) is 6.12. The molecule has 19 heavy (non-hydrogen) atoms. The molecule has 2 heteroatoms. The quantitative estimate of drug-likeness (QED) is 0.766. The zero-order chi connectivity index (χ0) is 14.5. The number of hydrogen-bond acceptors (Lipinski definition) is 1. The second-order valence-electron chi connectivity index (χ2n) is 6.12. The van der Waals surface area contributed by atoms with E-state index in [2.05, 4.69) is 33.0 Å². The minimum Gasteiger partial charge on any atom is -0.313 e. The van der Waals surface area contributed by atoms with Crippen molar-refractivity contribution in [1.82, 2.24) is 5.32 Å². The first-order valence-corrected chi connectivity index (χ1v) is 7.39. The van der Waals surface area contributed by atoms with Crippen LogP contribution in [0.5, 0.6) is 0 Å². The highest BCUT2D eigenvalue weighted by atomic mass is 19.1. The fraction of sp³-hybridized carbons (Fsp3) is 0.647. The van der Waals surface area contributed by atoms with E-state index in [1.807, 2.05) is 13.0 Å². The van der Waals surface area contributed by atoms with E-state index in [9.17, 15) is 4.39 Å². The van der Waals surface area contributed by atoms with Crippen molar-refractivity contribution in [2.24, 2.45) is 5.41 Å². The van der Waals surface area contributed by atoms with Crippen LogP contribution in [-0.2, 0) is 6.42 Å². The summed E-state index contributed by atoms with van der Waals surface area (Å²) >= 11 is 0. The first-order chi connectivity index (χ1) is 8.90. The van der Waals surface area contributed by atoms with Crippen LogP contribution >= 0.6 is 0 Å². The molecule has 1 unspecified atom stereocenters. The Bertz CT molecular complexity index is 398. The summed E-state index contributed by atoms with van der Waals surface area (Å²) < 4.78 is 13.2. The number of halogens is 1. The summed E-state index contributed by atoms with van der Waals surface area (Å²) in [5.74, 6) is -0.144. The van der Waals surface area contributed by atoms with Gasteiger partial charge in [0.25, 0.3) is 0 Å². The molecule has 0 aliphatic heterocycles. The lowest BCUT2D eigenvalue weighted by Crippen LogP contribution is -2.43. The highest BCUT2D eigenvalue weighted by molar-refractivity contribution is 5.27. The lowest BCUT2D eigenvalue weighted by atomic mass is 9.78. The third-order valence-electron chi connectivity index (χ3n) is 4.22. The summed E-state index contributed by atoms with van der Waals surface area (Å²) in [6.07, 6.45) is 3.24. The molecule has 0 amide bonds. The van der Waals surface area contributed by atoms with Crippen molar-refractivity contribution in [2.45, 2.75) is 59.9 Å². The van der Waals surface area contributed by atoms with Gasteiger partial charge in [-0.15, -0.1) is 0 Å². The normalized spacial score (nSPS) is 13.6. The average Bonchev–Trinajstić information content (AvgIpc) is 2.36. The van der Waals surface area contributed by atoms with Gasteiger partial charge in [0.15, 0.2) is 0 Å². The van der Waals surface area contributed by atoms with E-state index < -0.39 is 0 Å². The van der Waals surface area contributed by atoms with Crippen LogP contribution in [0.2, 0.25) is 0 Å². The predicted octanol–water partition coefficient (Wildman–Crippen LogP) is 4.48. The number of rotatable bonds is 7. The molecule has 1 aromatic carbocycles. The Kier molecular flexibility index (Phi) is 5.99. The molecule has 0 aliphatic carbocycles. The van der Waals surface area contributed by atoms with Crippen molar-refractivity contribution in [3.8, 4) is 0 Å². The predicted molar refractivity (Wildman–Crippen MR) is 81.0 cm³/mol. The van der Waals surface area contributed by atoms with Gasteiger partial charge in [0, 0.05) is 6.04 Å². The van der Waals surface area contributed by atoms with Gasteiger partial charge in [0.1, 0.15) is 5.82 Å². The molecule has 0 fully saturated rings. The van der Waals surface area contributed by atoms with E-state index in [-0.39, 0.29) is 11.2 Å². The first kappa shape index (κ1) is 16.2. The molecule has 0 aliphatic rings. The molecule has 1 nitrogen and oxygen atoms in total. The molecule has 1 rings (SSSR count). The summed E-state index contributed by atoms with van der Waals surface area (Å²) in [7, 11) is 0. The van der Waals surface area contributed by atoms with Crippen molar-refractivity contribution in [2.75, 3.05) is 6.54 Å². The molecule has 0 saturated carbocycles. The van der Waals surface area contributed by atoms with Gasteiger partial charge in [-0.2, -0.15) is 0 Å². The van der Waals surface area contributed by atoms with Crippen LogP contribution in [0.4, 0.5) is 4.39 Å². The maximum absolute atomic E-state index is 13.2. The van der Waals surface area contributed by atoms with E-state index >= 15 is 0 Å². The van der Waals surface area contributed by atoms with Crippen LogP contribution in [0.15, 0.2) is 18.2 Å². The second kappa shape index (κ2) is 7.04. The lowest BCUT2D eigenvalue weighted by molar-refractivity contribution is 0.230. The largest absolute Gasteiger partial charge is 0.313 e. The van der Waals surface area contributed by atoms with Crippen LogP contribution < -0.4 is 5.32 Å². The summed E-state index contributed by atoms with van der Waals surface area (Å²) in [5, 5.41) is 3.66. The van der Waals surface area contributed by atoms with Crippen molar-refractivity contribution in [1.29, 1.82) is 0 Å². The van der Waals surface area contributed by atoms with Crippen LogP contribution in [0.25, 0.3) is 0 Å². The third-order valence-corrected chi connectivity index (χ3v) is 4.22. The maximum atomic E-state index is 13.2. The molecular formula is C17H28FN. The minimum absolute atomic E-state index is 0.144. The fourth-order valence-corrected chi connectivity index (χ4v) is 2.30. The molecular weight excluding hydrogens is 237 g/mol. The van der Waals surface area contributed by atoms with Crippen LogP contribution in [0, 0.1) is 18.2 Å². The molecule has 0 aromatic heterocycles. The molecule has 0 saturated heterocycles. The Hall–Kier alpha value is -0.890. The number of aryl methyl sites for hydroxylation is 1. The Morgan fingerprint density at radius 1 is 1.26 bits per heavy atom. The minimum atomic E-state index is -0.144. The number of nitrogens with one attached hydrogen (secondary N) is 1. The van der Waals surface area contributed by atoms with Gasteiger partial charge < -0.3 is 5.32 Å². The summed E-state index contributed by atoms with van der Waals surface area (Å²) in [6.45, 7) is 12.1. The molecule has 0 bridgehead atoms. The van der Waals surface area contributed by atoms with Gasteiger partial charge >= 0.3 is 0 Å². The SMILES string of the molecule is CCCNC(Cc1ccc(F)cc1C)C(C)(C)CC. The molecule has 108 valence electrons. The molecule has 0 radical (unpaired) electrons. The highest BCUT2D eigenvalue weighted by Crippen LogP contribution is 2.28. The average molecular weight is 265 g/mol. The molecule has 0 spiro atoms. The van der Waals surface area contributed by atoms with Crippen molar-refractivity contribution >= 4 is 0 Å². The molecule has 1 N–H and O–H groups in total. The molecule has 1 aromatic rings. The van der Waals surface area contributed by atoms with Crippen LogP contribution in [-0.4, -0.2) is 12.6 Å². The van der Waals surface area contributed by atoms with Gasteiger partial charge in [-0.3, -0.25) is 0 Å². The first-order valence-electron chi connectivity index (χ1n) is 7.39. The summed E-state index contributed by atoms with van der Waals surface area (Å²) in [4.78, 5) is 0. The fourth-order valence-electron chi connectivity index (χ4n) is 2.30. The van der Waals surface area contributed by atoms with Crippen molar-refractivity contribution in [3.63, 3.8) is 0 Å². The molecule has 0 heterocycles. The Balaban J connectivity index is 2.87. The maximum Gasteiger partial charge on any atom is 0.123 e. The number of benzene rings is 1. The summed E-state index contributed by atoms with van der Waals surface area (Å²) in [5.41, 5.74) is 2.54. The third kappa shape index (κ3) is 4.61. The van der Waals surface area contributed by atoms with E-state index in [1.54, 1.807) is 12.1 Å². The van der Waals surface area contributed by atoms with Crippen LogP contribution in [0.3, 0.4) is 0 Å². The standard InChI is InChI=1S/C17H28FN/c1-6-10-19-16(17(4,5)7-2)12-14-8-9-15(18)11-13(14)3/h8-9,11,16,19H,6-7,10,12H2,1-5H3. The van der Waals surface area contributed by atoms with E-state index in [4.69, 9.17) is 0 Å². The summed E-state index contributed by atoms with van der Waals surface area (Å²) in [6, 6.07) is 5.56. The van der Waals surface area contributed by atoms with E-state index in [1.165, 1.54) is 5.56 Å². The zero-order valence-electron chi connectivity index (χ0n) is 13.0. The van der Waals surface area contributed by atoms with E-state index in [0.717, 1.165) is 31.4 Å². The van der Waals surface area contributed by atoms with E-state index in [0.29, 0.717) is 6.04 Å². The van der Waals surface area contributed by atoms with Crippen molar-refractivity contribution in [3.05, 3.63) is 35.1 Å². The lowest BCUT2D eigenvalue weighted by Gasteiger charge is -2.35. The van der Waals surface area contributed by atoms with Gasteiger partial charge in [0.2, 0.25) is 0 Å². The zero-order valence-corrected chi connectivity index (χ0v) is 13.0. The van der Waals surface area contributed by atoms with Gasteiger partial charge in [-0.25, -0.2) is 4.39 Å². The van der Waals surface area contributed by atoms with Gasteiger partial charge in [0.05, 0.1) is 0 Å². The Labute approximate surface area is 117 Å². The topological polar surface area (TPSA) is 12.0 Å². The number of hydrogen-bond donors (Lipinski definition) is 1. The smallest absolute Gasteiger partial charge is 0.123 e. The van der Waals surface area contributed by atoms with Crippen molar-refractivity contribution < 1.29 is 4.39 Å². The monoisotopic (exact) mass is 265 g/mol. The van der Waals surface area contributed by atoms with Gasteiger partial charge in [-0.1, -0.05) is 33.8 Å². The molecule has 1 atom stereocenters. The Morgan fingerprint density at radius 2 is 1.95 bits per heavy atom. The van der Waals surface area contributed by atoms with Crippen LogP contribution in [0.1, 0.15) is 51.7 Å². The Morgan fingerprint density at radius 3 is 2.47 bits per heavy atom. The highest BCUT2D eigenvalue weighted by Gasteiger charge is 2.27. The van der Waals surface area contributed by atoms with Gasteiger partial charge in [-0.05, 0) is 61.4 Å².